The zero-order valence-corrected chi connectivity index (χ0v) is 12.2. The zero-order valence-electron chi connectivity index (χ0n) is 9.81. The average Bonchev–Trinajstić information content (AvgIpc) is 3.01. The van der Waals surface area contributed by atoms with Crippen molar-refractivity contribution in [2.24, 2.45) is 0 Å². The summed E-state index contributed by atoms with van der Waals surface area (Å²) in [5.74, 6) is 1.82. The predicted octanol–water partition coefficient (Wildman–Crippen LogP) is 4.56. The molecule has 0 unspecified atom stereocenters. The molecule has 0 amide bonds. The first-order valence-electron chi connectivity index (χ1n) is 5.10. The van der Waals surface area contributed by atoms with E-state index in [0.29, 0.717) is 17.3 Å². The lowest BCUT2D eigenvalue weighted by molar-refractivity contribution is 0.416. The van der Waals surface area contributed by atoms with Crippen molar-refractivity contribution in [3.8, 4) is 22.5 Å². The van der Waals surface area contributed by atoms with Crippen molar-refractivity contribution in [3.63, 3.8) is 0 Å². The van der Waals surface area contributed by atoms with Crippen LogP contribution < -0.4 is 4.74 Å². The molecule has 0 aliphatic carbocycles. The Labute approximate surface area is 122 Å². The summed E-state index contributed by atoms with van der Waals surface area (Å²) in [5, 5.41) is 8.70. The Balaban J connectivity index is 2.39. The van der Waals surface area contributed by atoms with Crippen LogP contribution in [0.4, 0.5) is 0 Å². The standard InChI is InChI=1S/C13H7BrN2O2S/c1-16-8(7-15)5-9-3-4-10(18-9)13-11(17-2)6-12(14)19-13/h3-6H,2H3/b8-5-. The van der Waals surface area contributed by atoms with E-state index in [2.05, 4.69) is 20.8 Å². The van der Waals surface area contributed by atoms with Gasteiger partial charge in [-0.05, 0) is 34.1 Å². The van der Waals surface area contributed by atoms with Crippen molar-refractivity contribution < 1.29 is 9.15 Å². The molecule has 0 saturated heterocycles. The number of ether oxygens (including phenoxy) is 1. The van der Waals surface area contributed by atoms with Crippen molar-refractivity contribution in [1.82, 2.24) is 0 Å². The third-order valence-electron chi connectivity index (χ3n) is 2.25. The number of methoxy groups -OCH3 is 1. The first-order chi connectivity index (χ1) is 9.17. The van der Waals surface area contributed by atoms with Crippen LogP contribution in [0.15, 0.2) is 32.1 Å². The summed E-state index contributed by atoms with van der Waals surface area (Å²) in [4.78, 5) is 3.94. The topological polar surface area (TPSA) is 50.5 Å². The van der Waals surface area contributed by atoms with Gasteiger partial charge in [0.25, 0.3) is 5.70 Å². The molecule has 0 atom stereocenters. The van der Waals surface area contributed by atoms with E-state index in [1.54, 1.807) is 25.3 Å². The van der Waals surface area contributed by atoms with Gasteiger partial charge in [-0.1, -0.05) is 0 Å². The van der Waals surface area contributed by atoms with E-state index < -0.39 is 0 Å². The van der Waals surface area contributed by atoms with Gasteiger partial charge in [0.1, 0.15) is 22.1 Å². The third-order valence-corrected chi connectivity index (χ3v) is 3.89. The maximum atomic E-state index is 8.70. The normalized spacial score (nSPS) is 10.8. The molecular weight excluding hydrogens is 328 g/mol. The number of nitriles is 1. The number of hydrogen-bond donors (Lipinski definition) is 0. The van der Waals surface area contributed by atoms with Gasteiger partial charge in [0, 0.05) is 6.07 Å². The van der Waals surface area contributed by atoms with Crippen LogP contribution in [0, 0.1) is 17.9 Å². The summed E-state index contributed by atoms with van der Waals surface area (Å²) < 4.78 is 11.8. The summed E-state index contributed by atoms with van der Waals surface area (Å²) in [7, 11) is 1.59. The molecule has 0 spiro atoms. The maximum Gasteiger partial charge on any atom is 0.265 e. The largest absolute Gasteiger partial charge is 0.495 e. The molecule has 0 radical (unpaired) electrons. The number of allylic oxidation sites excluding steroid dienone is 1. The Morgan fingerprint density at radius 2 is 2.42 bits per heavy atom. The van der Waals surface area contributed by atoms with Crippen molar-refractivity contribution >= 4 is 33.3 Å². The Morgan fingerprint density at radius 3 is 3.05 bits per heavy atom. The highest BCUT2D eigenvalue weighted by molar-refractivity contribution is 9.11. The number of furan rings is 1. The van der Waals surface area contributed by atoms with E-state index in [0.717, 1.165) is 8.66 Å². The highest BCUT2D eigenvalue weighted by atomic mass is 79.9. The fourth-order valence-corrected chi connectivity index (χ4v) is 2.95. The van der Waals surface area contributed by atoms with E-state index in [1.807, 2.05) is 6.07 Å². The molecule has 2 aromatic rings. The van der Waals surface area contributed by atoms with Crippen LogP contribution in [0.3, 0.4) is 0 Å². The van der Waals surface area contributed by atoms with Crippen molar-refractivity contribution in [1.29, 1.82) is 5.26 Å². The lowest BCUT2D eigenvalue weighted by Crippen LogP contribution is -1.80. The molecule has 94 valence electrons. The minimum absolute atomic E-state index is 0.0137. The molecule has 0 saturated carbocycles. The molecule has 2 aromatic heterocycles. The quantitative estimate of drug-likeness (QED) is 0.610. The Kier molecular flexibility index (Phi) is 4.06. The van der Waals surface area contributed by atoms with Gasteiger partial charge < -0.3 is 9.15 Å². The molecule has 6 heteroatoms. The van der Waals surface area contributed by atoms with Gasteiger partial charge in [0.05, 0.1) is 23.5 Å². The number of hydrogen-bond acceptors (Lipinski definition) is 4. The lowest BCUT2D eigenvalue weighted by atomic mass is 10.3. The van der Waals surface area contributed by atoms with E-state index in [9.17, 15) is 0 Å². The van der Waals surface area contributed by atoms with E-state index in [1.165, 1.54) is 17.4 Å². The first-order valence-corrected chi connectivity index (χ1v) is 6.71. The van der Waals surface area contributed by atoms with Gasteiger partial charge in [-0.3, -0.25) is 0 Å². The lowest BCUT2D eigenvalue weighted by Gasteiger charge is -1.97. The van der Waals surface area contributed by atoms with Gasteiger partial charge in [-0.25, -0.2) is 10.1 Å². The molecule has 0 fully saturated rings. The second kappa shape index (κ2) is 5.75. The number of halogens is 1. The van der Waals surface area contributed by atoms with Gasteiger partial charge in [-0.15, -0.1) is 11.3 Å². The minimum Gasteiger partial charge on any atom is -0.495 e. The highest BCUT2D eigenvalue weighted by Crippen LogP contribution is 2.41. The summed E-state index contributed by atoms with van der Waals surface area (Å²) in [6.45, 7) is 6.82. The van der Waals surface area contributed by atoms with Gasteiger partial charge >= 0.3 is 0 Å². The van der Waals surface area contributed by atoms with Gasteiger partial charge in [-0.2, -0.15) is 0 Å². The monoisotopic (exact) mass is 334 g/mol. The van der Waals surface area contributed by atoms with Crippen LogP contribution >= 0.6 is 27.3 Å². The summed E-state index contributed by atoms with van der Waals surface area (Å²) in [5.41, 5.74) is -0.0137. The molecule has 0 bridgehead atoms. The molecular formula is C13H7BrN2O2S. The third kappa shape index (κ3) is 2.87. The second-order valence-electron chi connectivity index (χ2n) is 3.40. The summed E-state index contributed by atoms with van der Waals surface area (Å²) >= 11 is 4.88. The highest BCUT2D eigenvalue weighted by Gasteiger charge is 2.14. The van der Waals surface area contributed by atoms with Crippen molar-refractivity contribution in [2.45, 2.75) is 0 Å². The molecule has 19 heavy (non-hydrogen) atoms. The van der Waals surface area contributed by atoms with Crippen LogP contribution in [-0.2, 0) is 0 Å². The van der Waals surface area contributed by atoms with Crippen LogP contribution in [0.2, 0.25) is 0 Å². The SMILES string of the molecule is [C-]#[N+]/C(C#N)=C\c1ccc(-c2sc(Br)cc2OC)o1. The zero-order chi connectivity index (χ0) is 13.8. The molecule has 0 aromatic carbocycles. The first kappa shape index (κ1) is 13.4. The summed E-state index contributed by atoms with van der Waals surface area (Å²) in [6.07, 6.45) is 1.41. The average molecular weight is 335 g/mol. The second-order valence-corrected chi connectivity index (χ2v) is 5.83. The number of rotatable bonds is 3. The molecule has 2 rings (SSSR count). The fourth-order valence-electron chi connectivity index (χ4n) is 1.45. The molecule has 0 aliphatic heterocycles. The fraction of sp³-hybridized carbons (Fsp3) is 0.0769. The van der Waals surface area contributed by atoms with E-state index in [-0.39, 0.29) is 5.70 Å². The smallest absolute Gasteiger partial charge is 0.265 e. The van der Waals surface area contributed by atoms with Crippen LogP contribution in [0.25, 0.3) is 21.6 Å². The van der Waals surface area contributed by atoms with Gasteiger partial charge in [0.2, 0.25) is 0 Å². The minimum atomic E-state index is -0.0137. The predicted molar refractivity (Wildman–Crippen MR) is 76.5 cm³/mol. The number of nitrogens with zero attached hydrogens (tertiary/aromatic N) is 2. The Hall–Kier alpha value is -2.02. The van der Waals surface area contributed by atoms with E-state index in [4.69, 9.17) is 21.0 Å². The Morgan fingerprint density at radius 1 is 1.63 bits per heavy atom. The van der Waals surface area contributed by atoms with Crippen molar-refractivity contribution in [3.05, 3.63) is 44.9 Å². The van der Waals surface area contributed by atoms with E-state index >= 15 is 0 Å². The molecule has 0 aliphatic rings. The maximum absolute atomic E-state index is 8.70. The molecule has 0 N–H and O–H groups in total. The number of thiophene rings is 1. The van der Waals surface area contributed by atoms with Crippen LogP contribution in [0.5, 0.6) is 5.75 Å². The van der Waals surface area contributed by atoms with Crippen LogP contribution in [-0.4, -0.2) is 7.11 Å². The molecule has 4 nitrogen and oxygen atoms in total. The van der Waals surface area contributed by atoms with Gasteiger partial charge in [0.15, 0.2) is 0 Å². The summed E-state index contributed by atoms with van der Waals surface area (Å²) in [6, 6.07) is 7.15. The van der Waals surface area contributed by atoms with Crippen LogP contribution in [0.1, 0.15) is 5.76 Å². The van der Waals surface area contributed by atoms with Crippen molar-refractivity contribution in [2.75, 3.05) is 7.11 Å². The Bertz CT molecular complexity index is 700. The molecule has 2 heterocycles.